The highest BCUT2D eigenvalue weighted by Gasteiger charge is 2.17. The van der Waals surface area contributed by atoms with Crippen LogP contribution in [0.1, 0.15) is 19.7 Å². The number of fused-ring (bicyclic) bond motifs is 1. The van der Waals surface area contributed by atoms with Gasteiger partial charge in [0.2, 0.25) is 5.91 Å². The van der Waals surface area contributed by atoms with Crippen molar-refractivity contribution in [2.75, 3.05) is 13.2 Å². The Morgan fingerprint density at radius 3 is 2.62 bits per heavy atom. The summed E-state index contributed by atoms with van der Waals surface area (Å²) in [6.07, 6.45) is 0. The Labute approximate surface area is 167 Å². The minimum absolute atomic E-state index is 0.232. The van der Waals surface area contributed by atoms with Gasteiger partial charge in [0.15, 0.2) is 5.82 Å². The molecule has 0 saturated heterocycles. The Morgan fingerprint density at radius 2 is 1.97 bits per heavy atom. The number of hydrogen-bond acceptors (Lipinski definition) is 4. The fourth-order valence-electron chi connectivity index (χ4n) is 3.07. The smallest absolute Gasteiger partial charge is 0.234 e. The van der Waals surface area contributed by atoms with Crippen LogP contribution in [0.15, 0.2) is 36.4 Å². The van der Waals surface area contributed by atoms with Gasteiger partial charge in [-0.05, 0) is 49.2 Å². The summed E-state index contributed by atoms with van der Waals surface area (Å²) in [5.74, 6) is -0.732. The average Bonchev–Trinajstić information content (AvgIpc) is 3.05. The standard InChI is InChI=1S/C21H24F2N4O2/c1-3-29-9-8-27-18-11-15(14-4-6-16(22)7-5-14)10-17(23)20(18)26-19(27)12-25-13(2)21(24)28/h4-7,10-11,13,25H,3,8-9,12H2,1-2H3,(H2,24,28)/t13-/m0/s1. The Hall–Kier alpha value is -2.84. The van der Waals surface area contributed by atoms with Crippen molar-refractivity contribution >= 4 is 16.9 Å². The number of carbonyl (C=O) groups excluding carboxylic acids is 1. The Kier molecular flexibility index (Phi) is 6.56. The zero-order valence-corrected chi connectivity index (χ0v) is 16.4. The van der Waals surface area contributed by atoms with E-state index in [1.165, 1.54) is 18.2 Å². The molecule has 1 amide bonds. The zero-order chi connectivity index (χ0) is 21.0. The van der Waals surface area contributed by atoms with Crippen molar-refractivity contribution in [2.24, 2.45) is 5.73 Å². The number of nitrogens with zero attached hydrogens (tertiary/aromatic N) is 2. The van der Waals surface area contributed by atoms with Crippen LogP contribution >= 0.6 is 0 Å². The molecular formula is C21H24F2N4O2. The Morgan fingerprint density at radius 1 is 1.24 bits per heavy atom. The molecule has 1 heterocycles. The van der Waals surface area contributed by atoms with E-state index in [0.29, 0.717) is 42.2 Å². The molecular weight excluding hydrogens is 378 g/mol. The largest absolute Gasteiger partial charge is 0.380 e. The van der Waals surface area contributed by atoms with Crippen molar-refractivity contribution in [3.05, 3.63) is 53.9 Å². The van der Waals surface area contributed by atoms with E-state index in [-0.39, 0.29) is 17.9 Å². The second-order valence-electron chi connectivity index (χ2n) is 6.71. The number of carbonyl (C=O) groups is 1. The number of primary amides is 1. The van der Waals surface area contributed by atoms with Crippen LogP contribution < -0.4 is 11.1 Å². The first-order valence-electron chi connectivity index (χ1n) is 9.45. The Bertz CT molecular complexity index is 1000. The maximum absolute atomic E-state index is 14.8. The van der Waals surface area contributed by atoms with Crippen molar-refractivity contribution in [3.8, 4) is 11.1 Å². The summed E-state index contributed by atoms with van der Waals surface area (Å²) >= 11 is 0. The number of halogens is 2. The van der Waals surface area contributed by atoms with Gasteiger partial charge in [0, 0.05) is 13.2 Å². The molecule has 0 aliphatic carbocycles. The minimum Gasteiger partial charge on any atom is -0.380 e. The van der Waals surface area contributed by atoms with Crippen molar-refractivity contribution in [1.82, 2.24) is 14.9 Å². The number of rotatable bonds is 9. The number of nitrogens with one attached hydrogen (secondary N) is 1. The lowest BCUT2D eigenvalue weighted by molar-refractivity contribution is -0.119. The van der Waals surface area contributed by atoms with E-state index in [4.69, 9.17) is 10.5 Å². The molecule has 154 valence electrons. The number of ether oxygens (including phenoxy) is 1. The fraction of sp³-hybridized carbons (Fsp3) is 0.333. The summed E-state index contributed by atoms with van der Waals surface area (Å²) in [4.78, 5) is 15.7. The first-order chi connectivity index (χ1) is 13.9. The second kappa shape index (κ2) is 9.11. The van der Waals surface area contributed by atoms with E-state index in [9.17, 15) is 13.6 Å². The van der Waals surface area contributed by atoms with Crippen LogP contribution in [-0.4, -0.2) is 34.7 Å². The third-order valence-corrected chi connectivity index (χ3v) is 4.72. The van der Waals surface area contributed by atoms with Crippen molar-refractivity contribution in [3.63, 3.8) is 0 Å². The first kappa shape index (κ1) is 20.9. The summed E-state index contributed by atoms with van der Waals surface area (Å²) in [7, 11) is 0. The van der Waals surface area contributed by atoms with Gasteiger partial charge in [0.05, 0.1) is 24.7 Å². The molecule has 0 unspecified atom stereocenters. The van der Waals surface area contributed by atoms with E-state index in [2.05, 4.69) is 10.3 Å². The molecule has 3 rings (SSSR count). The summed E-state index contributed by atoms with van der Waals surface area (Å²) in [6.45, 7) is 5.27. The van der Waals surface area contributed by atoms with Crippen molar-refractivity contribution in [2.45, 2.75) is 33.0 Å². The van der Waals surface area contributed by atoms with E-state index < -0.39 is 17.8 Å². The van der Waals surface area contributed by atoms with Crippen LogP contribution in [0.2, 0.25) is 0 Å². The van der Waals surface area contributed by atoms with Gasteiger partial charge in [0.1, 0.15) is 17.2 Å². The lowest BCUT2D eigenvalue weighted by Gasteiger charge is -2.13. The number of nitrogens with two attached hydrogens (primary N) is 1. The molecule has 1 atom stereocenters. The predicted octanol–water partition coefficient (Wildman–Crippen LogP) is 2.98. The van der Waals surface area contributed by atoms with Gasteiger partial charge in [-0.25, -0.2) is 13.8 Å². The third-order valence-electron chi connectivity index (χ3n) is 4.72. The molecule has 0 fully saturated rings. The van der Waals surface area contributed by atoms with Gasteiger partial charge in [-0.1, -0.05) is 12.1 Å². The van der Waals surface area contributed by atoms with E-state index in [1.54, 1.807) is 19.1 Å². The third kappa shape index (κ3) is 4.78. The number of hydrogen-bond donors (Lipinski definition) is 2. The maximum atomic E-state index is 14.8. The lowest BCUT2D eigenvalue weighted by atomic mass is 10.0. The molecule has 8 heteroatoms. The van der Waals surface area contributed by atoms with E-state index >= 15 is 0 Å². The maximum Gasteiger partial charge on any atom is 0.234 e. The van der Waals surface area contributed by atoms with Crippen LogP contribution in [-0.2, 0) is 22.6 Å². The highest BCUT2D eigenvalue weighted by molar-refractivity contribution is 5.83. The normalized spacial score (nSPS) is 12.4. The van der Waals surface area contributed by atoms with Crippen molar-refractivity contribution in [1.29, 1.82) is 0 Å². The highest BCUT2D eigenvalue weighted by atomic mass is 19.1. The summed E-state index contributed by atoms with van der Waals surface area (Å²) < 4.78 is 35.4. The predicted molar refractivity (Wildman–Crippen MR) is 107 cm³/mol. The monoisotopic (exact) mass is 402 g/mol. The quantitative estimate of drug-likeness (QED) is 0.539. The van der Waals surface area contributed by atoms with Crippen LogP contribution in [0.5, 0.6) is 0 Å². The van der Waals surface area contributed by atoms with Crippen LogP contribution in [0.25, 0.3) is 22.2 Å². The van der Waals surface area contributed by atoms with Crippen molar-refractivity contribution < 1.29 is 18.3 Å². The van der Waals surface area contributed by atoms with Gasteiger partial charge in [-0.2, -0.15) is 0 Å². The molecule has 0 aliphatic heterocycles. The first-order valence-corrected chi connectivity index (χ1v) is 9.45. The number of aromatic nitrogens is 2. The molecule has 6 nitrogen and oxygen atoms in total. The van der Waals surface area contributed by atoms with Gasteiger partial charge in [-0.3, -0.25) is 10.1 Å². The van der Waals surface area contributed by atoms with Gasteiger partial charge in [0.25, 0.3) is 0 Å². The molecule has 0 bridgehead atoms. The van der Waals surface area contributed by atoms with E-state index in [1.807, 2.05) is 17.6 Å². The molecule has 0 saturated carbocycles. The van der Waals surface area contributed by atoms with Gasteiger partial charge >= 0.3 is 0 Å². The van der Waals surface area contributed by atoms with Crippen LogP contribution in [0.3, 0.4) is 0 Å². The van der Waals surface area contributed by atoms with Gasteiger partial charge in [-0.15, -0.1) is 0 Å². The summed E-state index contributed by atoms with van der Waals surface area (Å²) in [5.41, 5.74) is 7.46. The van der Waals surface area contributed by atoms with Crippen LogP contribution in [0.4, 0.5) is 8.78 Å². The zero-order valence-electron chi connectivity index (χ0n) is 16.4. The molecule has 0 aliphatic rings. The summed E-state index contributed by atoms with van der Waals surface area (Å²) in [6, 6.07) is 8.55. The number of benzene rings is 2. The molecule has 2 aromatic carbocycles. The molecule has 29 heavy (non-hydrogen) atoms. The molecule has 0 spiro atoms. The summed E-state index contributed by atoms with van der Waals surface area (Å²) in [5, 5.41) is 3.00. The van der Waals surface area contributed by atoms with Gasteiger partial charge < -0.3 is 15.0 Å². The number of imidazole rings is 1. The van der Waals surface area contributed by atoms with Crippen LogP contribution in [0, 0.1) is 11.6 Å². The molecule has 3 aromatic rings. The average molecular weight is 402 g/mol. The minimum atomic E-state index is -0.547. The molecule has 3 N–H and O–H groups in total. The van der Waals surface area contributed by atoms with E-state index in [0.717, 1.165) is 0 Å². The fourth-order valence-corrected chi connectivity index (χ4v) is 3.07. The lowest BCUT2D eigenvalue weighted by Crippen LogP contribution is -2.38. The second-order valence-corrected chi connectivity index (χ2v) is 6.71. The SMILES string of the molecule is CCOCCn1c(CN[C@@H](C)C(N)=O)nc2c(F)cc(-c3ccc(F)cc3)cc21. The Balaban J connectivity index is 2.03. The topological polar surface area (TPSA) is 82.2 Å². The molecule has 0 radical (unpaired) electrons. The highest BCUT2D eigenvalue weighted by Crippen LogP contribution is 2.28. The molecule has 1 aromatic heterocycles. The number of amides is 1.